The van der Waals surface area contributed by atoms with E-state index in [1.807, 2.05) is 18.2 Å². The van der Waals surface area contributed by atoms with E-state index in [1.165, 1.54) is 29.8 Å². The lowest BCUT2D eigenvalue weighted by Crippen LogP contribution is -2.58. The normalized spacial score (nSPS) is 34.6. The molecule has 2 aliphatic carbocycles. The number of halogens is 1. The Morgan fingerprint density at radius 1 is 1.07 bits per heavy atom. The number of benzene rings is 2. The molecule has 1 spiro atoms. The summed E-state index contributed by atoms with van der Waals surface area (Å²) in [6.45, 7) is 5.01. The van der Waals surface area contributed by atoms with E-state index >= 15 is 0 Å². The Morgan fingerprint density at radius 3 is 2.47 bits per heavy atom. The molecule has 5 atom stereocenters. The van der Waals surface area contributed by atoms with Crippen molar-refractivity contribution >= 4 is 10.0 Å². The van der Waals surface area contributed by atoms with Crippen LogP contribution >= 0.6 is 0 Å². The van der Waals surface area contributed by atoms with Crippen LogP contribution in [0.3, 0.4) is 0 Å². The Kier molecular flexibility index (Phi) is 4.62. The summed E-state index contributed by atoms with van der Waals surface area (Å²) < 4.78 is 49.1. The molecule has 160 valence electrons. The van der Waals surface area contributed by atoms with Crippen LogP contribution in [0.5, 0.6) is 0 Å². The highest BCUT2D eigenvalue weighted by Gasteiger charge is 2.68. The van der Waals surface area contributed by atoms with Crippen LogP contribution in [0.4, 0.5) is 4.39 Å². The Hall–Kier alpha value is -1.76. The SMILES string of the molecule is CC1(C)[C@@H]2C[C@@H]3[C@@H](c4ccccc4)OCCC3(C2)[C@H]1NS(=O)(=O)c1ccc(F)cc1. The molecule has 0 radical (unpaired) electrons. The molecule has 4 nitrogen and oxygen atoms in total. The highest BCUT2D eigenvalue weighted by atomic mass is 32.2. The Labute approximate surface area is 177 Å². The van der Waals surface area contributed by atoms with Crippen LogP contribution in [0.25, 0.3) is 0 Å². The van der Waals surface area contributed by atoms with E-state index in [0.29, 0.717) is 12.5 Å². The van der Waals surface area contributed by atoms with Crippen molar-refractivity contribution in [3.8, 4) is 0 Å². The van der Waals surface area contributed by atoms with Crippen molar-refractivity contribution in [1.82, 2.24) is 4.72 Å². The number of nitrogens with one attached hydrogen (secondary N) is 1. The van der Waals surface area contributed by atoms with Gasteiger partial charge in [-0.05, 0) is 71.8 Å². The van der Waals surface area contributed by atoms with Crippen molar-refractivity contribution in [3.63, 3.8) is 0 Å². The average molecular weight is 430 g/mol. The van der Waals surface area contributed by atoms with Crippen molar-refractivity contribution in [1.29, 1.82) is 0 Å². The molecule has 1 N–H and O–H groups in total. The van der Waals surface area contributed by atoms with Crippen LogP contribution in [-0.4, -0.2) is 21.1 Å². The summed E-state index contributed by atoms with van der Waals surface area (Å²) in [5.74, 6) is 0.284. The third-order valence-corrected chi connectivity index (χ3v) is 9.47. The Morgan fingerprint density at radius 2 is 1.77 bits per heavy atom. The van der Waals surface area contributed by atoms with Gasteiger partial charge in [-0.15, -0.1) is 0 Å². The van der Waals surface area contributed by atoms with E-state index in [9.17, 15) is 12.8 Å². The number of ether oxygens (including phenoxy) is 1. The smallest absolute Gasteiger partial charge is 0.240 e. The predicted octanol–water partition coefficient (Wildman–Crippen LogP) is 4.69. The van der Waals surface area contributed by atoms with Gasteiger partial charge < -0.3 is 4.74 Å². The second kappa shape index (κ2) is 6.87. The number of fused-ring (bicyclic) bond motifs is 1. The zero-order valence-corrected chi connectivity index (χ0v) is 18.2. The van der Waals surface area contributed by atoms with Crippen LogP contribution in [0, 0.1) is 28.5 Å². The summed E-state index contributed by atoms with van der Waals surface area (Å²) in [7, 11) is -3.75. The van der Waals surface area contributed by atoms with Crippen LogP contribution in [0.2, 0.25) is 0 Å². The molecule has 1 saturated heterocycles. The van der Waals surface area contributed by atoms with Gasteiger partial charge in [0.15, 0.2) is 0 Å². The highest BCUT2D eigenvalue weighted by Crippen LogP contribution is 2.70. The lowest BCUT2D eigenvalue weighted by Gasteiger charge is -2.53. The number of hydrogen-bond donors (Lipinski definition) is 1. The third-order valence-electron chi connectivity index (χ3n) is 8.03. The van der Waals surface area contributed by atoms with Crippen LogP contribution < -0.4 is 4.72 Å². The van der Waals surface area contributed by atoms with E-state index in [2.05, 4.69) is 30.7 Å². The van der Waals surface area contributed by atoms with Crippen LogP contribution in [0.1, 0.15) is 44.8 Å². The average Bonchev–Trinajstić information content (AvgIpc) is 3.21. The topological polar surface area (TPSA) is 55.4 Å². The van der Waals surface area contributed by atoms with Gasteiger partial charge in [0.1, 0.15) is 5.82 Å². The van der Waals surface area contributed by atoms with Crippen molar-refractivity contribution in [2.24, 2.45) is 22.7 Å². The summed E-state index contributed by atoms with van der Waals surface area (Å²) in [6, 6.07) is 15.2. The number of hydrogen-bond acceptors (Lipinski definition) is 3. The maximum atomic E-state index is 13.3. The van der Waals surface area contributed by atoms with Crippen molar-refractivity contribution in [3.05, 3.63) is 66.0 Å². The first-order valence-corrected chi connectivity index (χ1v) is 12.2. The molecular formula is C24H28FNO3S. The highest BCUT2D eigenvalue weighted by molar-refractivity contribution is 7.89. The molecule has 2 bridgehead atoms. The molecule has 3 fully saturated rings. The molecule has 1 aliphatic heterocycles. The minimum absolute atomic E-state index is 0.00104. The minimum atomic E-state index is -3.75. The van der Waals surface area contributed by atoms with E-state index in [4.69, 9.17) is 4.74 Å². The van der Waals surface area contributed by atoms with Crippen molar-refractivity contribution < 1.29 is 17.5 Å². The van der Waals surface area contributed by atoms with E-state index in [0.717, 1.165) is 19.3 Å². The molecule has 0 aromatic heterocycles. The molecule has 2 aromatic carbocycles. The van der Waals surface area contributed by atoms with E-state index in [-0.39, 0.29) is 33.8 Å². The quantitative estimate of drug-likeness (QED) is 0.767. The molecule has 1 heterocycles. The first kappa shape index (κ1) is 20.2. The van der Waals surface area contributed by atoms with Crippen molar-refractivity contribution in [2.45, 2.75) is 50.2 Å². The van der Waals surface area contributed by atoms with Crippen LogP contribution in [-0.2, 0) is 14.8 Å². The lowest BCUT2D eigenvalue weighted by molar-refractivity contribution is -0.118. The van der Waals surface area contributed by atoms with Crippen molar-refractivity contribution in [2.75, 3.05) is 6.61 Å². The summed E-state index contributed by atoms with van der Waals surface area (Å²) in [6.07, 6.45) is 2.94. The summed E-state index contributed by atoms with van der Waals surface area (Å²) in [5.41, 5.74) is 0.898. The largest absolute Gasteiger partial charge is 0.373 e. The monoisotopic (exact) mass is 429 g/mol. The second-order valence-corrected chi connectivity index (χ2v) is 11.5. The van der Waals surface area contributed by atoms with Gasteiger partial charge in [-0.1, -0.05) is 44.2 Å². The summed E-state index contributed by atoms with van der Waals surface area (Å²) in [5, 5.41) is 0. The zero-order chi connectivity index (χ0) is 21.1. The number of sulfonamides is 1. The fourth-order valence-electron chi connectivity index (χ4n) is 6.54. The van der Waals surface area contributed by atoms with E-state index in [1.54, 1.807) is 0 Å². The molecule has 1 unspecified atom stereocenters. The van der Waals surface area contributed by atoms with Gasteiger partial charge in [0.25, 0.3) is 0 Å². The third kappa shape index (κ3) is 2.95. The fourth-order valence-corrected chi connectivity index (χ4v) is 8.02. The maximum absolute atomic E-state index is 13.3. The van der Waals surface area contributed by atoms with Gasteiger partial charge in [0.05, 0.1) is 11.0 Å². The van der Waals surface area contributed by atoms with Gasteiger partial charge >= 0.3 is 0 Å². The molecular weight excluding hydrogens is 401 g/mol. The molecule has 5 rings (SSSR count). The van der Waals surface area contributed by atoms with Gasteiger partial charge in [0.2, 0.25) is 10.0 Å². The molecule has 3 aliphatic rings. The second-order valence-electron chi connectivity index (χ2n) is 9.76. The predicted molar refractivity (Wildman–Crippen MR) is 113 cm³/mol. The van der Waals surface area contributed by atoms with Gasteiger partial charge in [-0.25, -0.2) is 17.5 Å². The molecule has 2 saturated carbocycles. The summed E-state index contributed by atoms with van der Waals surface area (Å²) in [4.78, 5) is 0.113. The van der Waals surface area contributed by atoms with Gasteiger partial charge in [0, 0.05) is 12.6 Å². The standard InChI is InChI=1S/C24H28FNO3S/c1-23(2)17-14-20-21(16-6-4-3-5-7-16)29-13-12-24(20,15-17)22(23)26-30(27,28)19-10-8-18(25)9-11-19/h3-11,17,20-22,26H,12-15H2,1-2H3/t17-,20-,21-,22+,24?/m1/s1. The minimum Gasteiger partial charge on any atom is -0.373 e. The molecule has 2 aromatic rings. The van der Waals surface area contributed by atoms with Gasteiger partial charge in [-0.3, -0.25) is 0 Å². The Balaban J connectivity index is 1.51. The maximum Gasteiger partial charge on any atom is 0.240 e. The van der Waals surface area contributed by atoms with Crippen LogP contribution in [0.15, 0.2) is 59.5 Å². The fraction of sp³-hybridized carbons (Fsp3) is 0.500. The Bertz CT molecular complexity index is 1040. The number of rotatable bonds is 4. The molecule has 6 heteroatoms. The van der Waals surface area contributed by atoms with E-state index < -0.39 is 15.8 Å². The lowest BCUT2D eigenvalue weighted by atomic mass is 9.59. The molecule has 30 heavy (non-hydrogen) atoms. The first-order valence-electron chi connectivity index (χ1n) is 10.7. The molecule has 0 amide bonds. The van der Waals surface area contributed by atoms with Gasteiger partial charge in [-0.2, -0.15) is 0 Å². The summed E-state index contributed by atoms with van der Waals surface area (Å²) >= 11 is 0. The first-order chi connectivity index (χ1) is 14.2. The zero-order valence-electron chi connectivity index (χ0n) is 17.3.